The number of ketones is 1. The molecule has 1 aromatic carbocycles. The zero-order valence-corrected chi connectivity index (χ0v) is 18.5. The second kappa shape index (κ2) is 7.18. The average Bonchev–Trinajstić information content (AvgIpc) is 3.14. The van der Waals surface area contributed by atoms with Gasteiger partial charge in [0, 0.05) is 42.4 Å². The Morgan fingerprint density at radius 2 is 2.03 bits per heavy atom. The molecular formula is C24H30N4O2. The van der Waals surface area contributed by atoms with Crippen molar-refractivity contribution < 1.29 is 9.59 Å². The van der Waals surface area contributed by atoms with E-state index in [1.807, 2.05) is 25.3 Å². The number of azo groups is 1. The molecule has 0 fully saturated rings. The van der Waals surface area contributed by atoms with Crippen LogP contribution >= 0.6 is 0 Å². The van der Waals surface area contributed by atoms with Crippen LogP contribution in [0.15, 0.2) is 57.5 Å². The van der Waals surface area contributed by atoms with Crippen LogP contribution in [0.5, 0.6) is 0 Å². The van der Waals surface area contributed by atoms with Gasteiger partial charge in [-0.3, -0.25) is 9.59 Å². The molecule has 1 amide bonds. The summed E-state index contributed by atoms with van der Waals surface area (Å²) in [7, 11) is 0. The van der Waals surface area contributed by atoms with Gasteiger partial charge in [-0.15, -0.1) is 0 Å². The van der Waals surface area contributed by atoms with Gasteiger partial charge in [-0.2, -0.15) is 10.2 Å². The Balaban J connectivity index is 1.95. The van der Waals surface area contributed by atoms with E-state index in [-0.39, 0.29) is 23.3 Å². The Labute approximate surface area is 178 Å². The maximum atomic E-state index is 13.5. The minimum absolute atomic E-state index is 0.00358. The minimum Gasteiger partial charge on any atom is -0.362 e. The van der Waals surface area contributed by atoms with Gasteiger partial charge in [-0.1, -0.05) is 32.9 Å². The molecule has 2 atom stereocenters. The third kappa shape index (κ3) is 3.01. The summed E-state index contributed by atoms with van der Waals surface area (Å²) in [5, 5.41) is 12.1. The monoisotopic (exact) mass is 406 g/mol. The molecule has 6 nitrogen and oxygen atoms in total. The van der Waals surface area contributed by atoms with Crippen molar-refractivity contribution in [3.05, 3.63) is 52.9 Å². The number of nitrogens with one attached hydrogen (secondary N) is 1. The van der Waals surface area contributed by atoms with Crippen molar-refractivity contribution in [3.8, 4) is 0 Å². The standard InChI is InChI=1S/C24H30N4O2/c1-6-24(16-9-8-10-17(11-16)28(7-2)15(3)29)18-14-25-27-22(18)26-19-12-23(4,5)13-20(30)21(19)24/h8-11,14,22,26H,6-7,12-13H2,1-5H3/t22?,24-/m1/s1. The summed E-state index contributed by atoms with van der Waals surface area (Å²) >= 11 is 0. The molecule has 2 aliphatic heterocycles. The highest BCUT2D eigenvalue weighted by Crippen LogP contribution is 2.53. The van der Waals surface area contributed by atoms with Crippen LogP contribution in [0, 0.1) is 5.41 Å². The number of hydrogen-bond acceptors (Lipinski definition) is 5. The molecule has 0 bridgehead atoms. The van der Waals surface area contributed by atoms with E-state index >= 15 is 0 Å². The molecular weight excluding hydrogens is 376 g/mol. The SMILES string of the molecule is CCN(C(C)=O)c1cccc([C@]2(CC)C3=CN=NC3NC3=C2C(=O)CC(C)(C)C3)c1. The first kappa shape index (κ1) is 20.5. The van der Waals surface area contributed by atoms with Crippen LogP contribution in [-0.4, -0.2) is 24.4 Å². The first-order chi connectivity index (χ1) is 14.2. The van der Waals surface area contributed by atoms with Gasteiger partial charge in [0.2, 0.25) is 5.91 Å². The van der Waals surface area contributed by atoms with Crippen LogP contribution in [0.25, 0.3) is 0 Å². The van der Waals surface area contributed by atoms with E-state index in [9.17, 15) is 9.59 Å². The molecule has 0 radical (unpaired) electrons. The highest BCUT2D eigenvalue weighted by Gasteiger charge is 2.53. The van der Waals surface area contributed by atoms with E-state index in [0.29, 0.717) is 13.0 Å². The Kier molecular flexibility index (Phi) is 4.91. The Bertz CT molecular complexity index is 1000. The van der Waals surface area contributed by atoms with E-state index in [4.69, 9.17) is 0 Å². The van der Waals surface area contributed by atoms with E-state index in [1.54, 1.807) is 11.8 Å². The lowest BCUT2D eigenvalue weighted by Crippen LogP contribution is -2.51. The second-order valence-electron chi connectivity index (χ2n) is 9.23. The summed E-state index contributed by atoms with van der Waals surface area (Å²) in [6.07, 6.45) is 3.62. The zero-order valence-electron chi connectivity index (χ0n) is 18.5. The summed E-state index contributed by atoms with van der Waals surface area (Å²) < 4.78 is 0. The molecule has 0 spiro atoms. The van der Waals surface area contributed by atoms with E-state index < -0.39 is 5.41 Å². The zero-order chi connectivity index (χ0) is 21.7. The fourth-order valence-electron chi connectivity index (χ4n) is 5.42. The van der Waals surface area contributed by atoms with Crippen molar-refractivity contribution in [2.45, 2.75) is 65.5 Å². The van der Waals surface area contributed by atoms with Gasteiger partial charge in [0.15, 0.2) is 11.9 Å². The number of Topliss-reactive ketones (excluding diaryl/α,β-unsaturated/α-hetero) is 1. The topological polar surface area (TPSA) is 74.1 Å². The number of fused-ring (bicyclic) bond motifs is 1. The molecule has 1 aromatic rings. The van der Waals surface area contributed by atoms with Crippen molar-refractivity contribution in [1.82, 2.24) is 5.32 Å². The lowest BCUT2D eigenvalue weighted by Gasteiger charge is -2.48. The van der Waals surface area contributed by atoms with Crippen LogP contribution in [0.3, 0.4) is 0 Å². The number of allylic oxidation sites excluding steroid dienone is 2. The quantitative estimate of drug-likeness (QED) is 0.792. The van der Waals surface area contributed by atoms with Crippen LogP contribution in [0.4, 0.5) is 5.69 Å². The summed E-state index contributed by atoms with van der Waals surface area (Å²) in [6.45, 7) is 10.5. The van der Waals surface area contributed by atoms with Crippen LogP contribution in [0.1, 0.15) is 59.4 Å². The van der Waals surface area contributed by atoms with Crippen molar-refractivity contribution in [3.63, 3.8) is 0 Å². The predicted octanol–water partition coefficient (Wildman–Crippen LogP) is 4.63. The normalized spacial score (nSPS) is 26.6. The first-order valence-corrected chi connectivity index (χ1v) is 10.8. The number of amides is 1. The highest BCUT2D eigenvalue weighted by atomic mass is 16.2. The fourth-order valence-corrected chi connectivity index (χ4v) is 5.42. The average molecular weight is 407 g/mol. The summed E-state index contributed by atoms with van der Waals surface area (Å²) in [6, 6.07) is 8.06. The van der Waals surface area contributed by atoms with Crippen molar-refractivity contribution in [2.75, 3.05) is 11.4 Å². The fraction of sp³-hybridized carbons (Fsp3) is 0.500. The number of hydrogen-bond donors (Lipinski definition) is 1. The molecule has 0 saturated heterocycles. The molecule has 4 rings (SSSR count). The molecule has 0 aromatic heterocycles. The number of benzene rings is 1. The Morgan fingerprint density at radius 1 is 1.27 bits per heavy atom. The lowest BCUT2D eigenvalue weighted by atomic mass is 9.59. The maximum Gasteiger partial charge on any atom is 0.223 e. The number of carbonyl (C=O) groups excluding carboxylic acids is 2. The third-order valence-electron chi connectivity index (χ3n) is 6.66. The Morgan fingerprint density at radius 3 is 2.70 bits per heavy atom. The van der Waals surface area contributed by atoms with Crippen LogP contribution < -0.4 is 10.2 Å². The molecule has 30 heavy (non-hydrogen) atoms. The van der Waals surface area contributed by atoms with Crippen molar-refractivity contribution in [2.24, 2.45) is 15.6 Å². The molecule has 2 heterocycles. The number of carbonyl (C=O) groups is 2. The lowest BCUT2D eigenvalue weighted by molar-refractivity contribution is -0.119. The number of nitrogens with zero attached hydrogens (tertiary/aromatic N) is 3. The summed E-state index contributed by atoms with van der Waals surface area (Å²) in [4.78, 5) is 27.4. The minimum atomic E-state index is -0.589. The Hall–Kier alpha value is -2.76. The molecule has 158 valence electrons. The first-order valence-electron chi connectivity index (χ1n) is 10.8. The molecule has 3 aliphatic rings. The smallest absolute Gasteiger partial charge is 0.223 e. The second-order valence-corrected chi connectivity index (χ2v) is 9.23. The van der Waals surface area contributed by atoms with Gasteiger partial charge in [-0.25, -0.2) is 0 Å². The molecule has 1 aliphatic carbocycles. The molecule has 1 unspecified atom stereocenters. The predicted molar refractivity (Wildman–Crippen MR) is 117 cm³/mol. The van der Waals surface area contributed by atoms with Gasteiger partial charge < -0.3 is 10.2 Å². The van der Waals surface area contributed by atoms with Gasteiger partial charge in [0.25, 0.3) is 0 Å². The third-order valence-corrected chi connectivity index (χ3v) is 6.66. The summed E-state index contributed by atoms with van der Waals surface area (Å²) in [5.74, 6) is 0.190. The van der Waals surface area contributed by atoms with Crippen molar-refractivity contribution >= 4 is 17.4 Å². The van der Waals surface area contributed by atoms with Crippen molar-refractivity contribution in [1.29, 1.82) is 0 Å². The number of rotatable bonds is 4. The van der Waals surface area contributed by atoms with E-state index in [0.717, 1.165) is 40.9 Å². The highest BCUT2D eigenvalue weighted by molar-refractivity contribution is 6.01. The molecule has 1 N–H and O–H groups in total. The van der Waals surface area contributed by atoms with E-state index in [1.165, 1.54) is 0 Å². The van der Waals surface area contributed by atoms with E-state index in [2.05, 4.69) is 48.4 Å². The molecule has 6 heteroatoms. The van der Waals surface area contributed by atoms with Gasteiger partial charge in [0.05, 0.1) is 11.6 Å². The number of anilines is 1. The van der Waals surface area contributed by atoms with Crippen LogP contribution in [0.2, 0.25) is 0 Å². The van der Waals surface area contributed by atoms with Crippen LogP contribution in [-0.2, 0) is 15.0 Å². The molecule has 0 saturated carbocycles. The van der Waals surface area contributed by atoms with Gasteiger partial charge in [-0.05, 0) is 42.9 Å². The van der Waals surface area contributed by atoms with Gasteiger partial charge >= 0.3 is 0 Å². The maximum absolute atomic E-state index is 13.5. The summed E-state index contributed by atoms with van der Waals surface area (Å²) in [5.41, 5.74) is 4.05. The van der Waals surface area contributed by atoms with Gasteiger partial charge in [0.1, 0.15) is 0 Å². The largest absolute Gasteiger partial charge is 0.362 e.